The SMILES string of the molecule is O=C(CN1CCOC1=O)c1cccc(F)c1. The molecule has 0 aromatic heterocycles. The number of nitrogens with zero attached hydrogens (tertiary/aromatic N) is 1. The second-order valence-electron chi connectivity index (χ2n) is 3.47. The Morgan fingerprint density at radius 1 is 1.50 bits per heavy atom. The molecule has 1 aliphatic rings. The molecule has 1 aliphatic heterocycles. The van der Waals surface area contributed by atoms with Crippen LogP contribution < -0.4 is 0 Å². The highest BCUT2D eigenvalue weighted by atomic mass is 19.1. The van der Waals surface area contributed by atoms with E-state index in [9.17, 15) is 14.0 Å². The Labute approximate surface area is 91.6 Å². The zero-order chi connectivity index (χ0) is 11.5. The van der Waals surface area contributed by atoms with E-state index < -0.39 is 11.9 Å². The maximum absolute atomic E-state index is 12.9. The van der Waals surface area contributed by atoms with Gasteiger partial charge in [0.1, 0.15) is 12.4 Å². The van der Waals surface area contributed by atoms with E-state index in [2.05, 4.69) is 4.74 Å². The summed E-state index contributed by atoms with van der Waals surface area (Å²) in [5.74, 6) is -0.756. The van der Waals surface area contributed by atoms with Gasteiger partial charge in [-0.2, -0.15) is 0 Å². The van der Waals surface area contributed by atoms with E-state index in [4.69, 9.17) is 0 Å². The topological polar surface area (TPSA) is 46.6 Å². The van der Waals surface area contributed by atoms with Crippen LogP contribution in [-0.4, -0.2) is 36.5 Å². The minimum atomic E-state index is -0.496. The van der Waals surface area contributed by atoms with Crippen LogP contribution in [0, 0.1) is 5.82 Å². The van der Waals surface area contributed by atoms with Crippen molar-refractivity contribution in [3.05, 3.63) is 35.6 Å². The molecule has 1 amide bonds. The Kier molecular flexibility index (Phi) is 2.85. The van der Waals surface area contributed by atoms with E-state index in [-0.39, 0.29) is 17.9 Å². The van der Waals surface area contributed by atoms with Gasteiger partial charge >= 0.3 is 6.09 Å². The average molecular weight is 223 g/mol. The van der Waals surface area contributed by atoms with Crippen molar-refractivity contribution in [3.63, 3.8) is 0 Å². The highest BCUT2D eigenvalue weighted by molar-refractivity contribution is 5.99. The van der Waals surface area contributed by atoms with Gasteiger partial charge in [-0.25, -0.2) is 9.18 Å². The summed E-state index contributed by atoms with van der Waals surface area (Å²) in [5.41, 5.74) is 0.264. The number of ketones is 1. The fraction of sp³-hybridized carbons (Fsp3) is 0.273. The van der Waals surface area contributed by atoms with Gasteiger partial charge in [0, 0.05) is 5.56 Å². The van der Waals surface area contributed by atoms with Gasteiger partial charge in [0.05, 0.1) is 13.1 Å². The molecule has 16 heavy (non-hydrogen) atoms. The molecule has 84 valence electrons. The summed E-state index contributed by atoms with van der Waals surface area (Å²) in [5, 5.41) is 0. The van der Waals surface area contributed by atoms with E-state index in [1.54, 1.807) is 0 Å². The van der Waals surface area contributed by atoms with Crippen molar-refractivity contribution in [2.75, 3.05) is 19.7 Å². The van der Waals surface area contributed by atoms with E-state index in [1.807, 2.05) is 0 Å². The zero-order valence-electron chi connectivity index (χ0n) is 8.48. The third kappa shape index (κ3) is 2.18. The number of halogens is 1. The molecule has 0 bridgehead atoms. The molecule has 0 saturated carbocycles. The lowest BCUT2D eigenvalue weighted by molar-refractivity contribution is 0.0943. The fourth-order valence-electron chi connectivity index (χ4n) is 1.50. The number of carbonyl (C=O) groups is 2. The molecule has 0 spiro atoms. The van der Waals surface area contributed by atoms with Gasteiger partial charge < -0.3 is 4.74 Å². The van der Waals surface area contributed by atoms with E-state index in [1.165, 1.54) is 23.1 Å². The van der Waals surface area contributed by atoms with Gasteiger partial charge in [-0.05, 0) is 12.1 Å². The highest BCUT2D eigenvalue weighted by Crippen LogP contribution is 2.08. The normalized spacial score (nSPS) is 15.1. The number of benzene rings is 1. The Morgan fingerprint density at radius 3 is 2.94 bits per heavy atom. The van der Waals surface area contributed by atoms with Crippen LogP contribution in [0.1, 0.15) is 10.4 Å². The predicted molar refractivity (Wildman–Crippen MR) is 53.7 cm³/mol. The first kappa shape index (κ1) is 10.6. The first-order valence-corrected chi connectivity index (χ1v) is 4.87. The molecule has 1 aromatic carbocycles. The van der Waals surface area contributed by atoms with Crippen LogP contribution >= 0.6 is 0 Å². The maximum Gasteiger partial charge on any atom is 0.410 e. The van der Waals surface area contributed by atoms with Crippen LogP contribution in [-0.2, 0) is 4.74 Å². The lowest BCUT2D eigenvalue weighted by Crippen LogP contribution is -2.30. The number of rotatable bonds is 3. The first-order chi connectivity index (χ1) is 7.66. The minimum absolute atomic E-state index is 0.0672. The van der Waals surface area contributed by atoms with Gasteiger partial charge in [-0.15, -0.1) is 0 Å². The van der Waals surface area contributed by atoms with Gasteiger partial charge in [0.25, 0.3) is 0 Å². The molecule has 1 heterocycles. The minimum Gasteiger partial charge on any atom is -0.448 e. The van der Waals surface area contributed by atoms with Crippen LogP contribution in [0.4, 0.5) is 9.18 Å². The molecule has 0 radical (unpaired) electrons. The summed E-state index contributed by atoms with van der Waals surface area (Å²) in [6, 6.07) is 5.41. The van der Waals surface area contributed by atoms with Crippen LogP contribution in [0.2, 0.25) is 0 Å². The maximum atomic E-state index is 12.9. The number of cyclic esters (lactones) is 1. The van der Waals surface area contributed by atoms with Crippen molar-refractivity contribution >= 4 is 11.9 Å². The van der Waals surface area contributed by atoms with Crippen LogP contribution in [0.5, 0.6) is 0 Å². The van der Waals surface area contributed by atoms with Crippen molar-refractivity contribution in [3.8, 4) is 0 Å². The number of carbonyl (C=O) groups excluding carboxylic acids is 2. The molecule has 0 N–H and O–H groups in total. The summed E-state index contributed by atoms with van der Waals surface area (Å²) in [6.45, 7) is 0.636. The molecule has 1 saturated heterocycles. The van der Waals surface area contributed by atoms with Crippen molar-refractivity contribution in [1.29, 1.82) is 0 Å². The molecular formula is C11H10FNO3. The van der Waals surface area contributed by atoms with Crippen molar-refractivity contribution in [1.82, 2.24) is 4.90 Å². The lowest BCUT2D eigenvalue weighted by Gasteiger charge is -2.10. The van der Waals surface area contributed by atoms with Gasteiger partial charge in [0.15, 0.2) is 5.78 Å². The Hall–Kier alpha value is -1.91. The van der Waals surface area contributed by atoms with Crippen molar-refractivity contribution in [2.45, 2.75) is 0 Å². The molecule has 5 heteroatoms. The Bertz CT molecular complexity index is 433. The molecule has 1 aromatic rings. The summed E-state index contributed by atoms with van der Waals surface area (Å²) < 4.78 is 17.5. The van der Waals surface area contributed by atoms with Gasteiger partial charge in [0.2, 0.25) is 0 Å². The third-order valence-corrected chi connectivity index (χ3v) is 2.33. The zero-order valence-corrected chi connectivity index (χ0v) is 8.48. The fourth-order valence-corrected chi connectivity index (χ4v) is 1.50. The molecule has 1 fully saturated rings. The summed E-state index contributed by atoms with van der Waals surface area (Å²) in [7, 11) is 0. The summed E-state index contributed by atoms with van der Waals surface area (Å²) in [6.07, 6.45) is -0.496. The molecule has 0 unspecified atom stereocenters. The third-order valence-electron chi connectivity index (χ3n) is 2.33. The summed E-state index contributed by atoms with van der Waals surface area (Å²) >= 11 is 0. The van der Waals surface area contributed by atoms with Gasteiger partial charge in [-0.3, -0.25) is 9.69 Å². The van der Waals surface area contributed by atoms with E-state index in [0.717, 1.165) is 6.07 Å². The molecular weight excluding hydrogens is 213 g/mol. The molecule has 0 atom stereocenters. The summed E-state index contributed by atoms with van der Waals surface area (Å²) in [4.78, 5) is 24.1. The van der Waals surface area contributed by atoms with Crippen LogP contribution in [0.3, 0.4) is 0 Å². The number of amides is 1. The molecule has 0 aliphatic carbocycles. The second-order valence-corrected chi connectivity index (χ2v) is 3.47. The average Bonchev–Trinajstić information content (AvgIpc) is 2.64. The molecule has 4 nitrogen and oxygen atoms in total. The lowest BCUT2D eigenvalue weighted by atomic mass is 10.1. The van der Waals surface area contributed by atoms with E-state index in [0.29, 0.717) is 13.2 Å². The van der Waals surface area contributed by atoms with Crippen molar-refractivity contribution < 1.29 is 18.7 Å². The largest absolute Gasteiger partial charge is 0.448 e. The quantitative estimate of drug-likeness (QED) is 0.729. The van der Waals surface area contributed by atoms with Crippen molar-refractivity contribution in [2.24, 2.45) is 0 Å². The highest BCUT2D eigenvalue weighted by Gasteiger charge is 2.24. The number of Topliss-reactive ketones (excluding diaryl/α,β-unsaturated/α-hetero) is 1. The standard InChI is InChI=1S/C11H10FNO3/c12-9-3-1-2-8(6-9)10(14)7-13-4-5-16-11(13)15/h1-3,6H,4-5,7H2. The van der Waals surface area contributed by atoms with E-state index >= 15 is 0 Å². The van der Waals surface area contributed by atoms with Crippen LogP contribution in [0.15, 0.2) is 24.3 Å². The van der Waals surface area contributed by atoms with Gasteiger partial charge in [-0.1, -0.05) is 12.1 Å². The molecule has 2 rings (SSSR count). The monoisotopic (exact) mass is 223 g/mol. The number of ether oxygens (including phenoxy) is 1. The van der Waals surface area contributed by atoms with Crippen LogP contribution in [0.25, 0.3) is 0 Å². The Morgan fingerprint density at radius 2 is 2.31 bits per heavy atom. The number of hydrogen-bond donors (Lipinski definition) is 0. The first-order valence-electron chi connectivity index (χ1n) is 4.87. The smallest absolute Gasteiger partial charge is 0.410 e. The Balaban J connectivity index is 2.05. The number of hydrogen-bond acceptors (Lipinski definition) is 3. The predicted octanol–water partition coefficient (Wildman–Crippen LogP) is 1.46. The second kappa shape index (κ2) is 4.30.